The SMILES string of the molecule is CCOC(C)CCC(N)c1ccccc1N=Nc1c(C#N)cc([N+](=O)[O-])cc1C#N. The highest BCUT2D eigenvalue weighted by Gasteiger charge is 2.17. The van der Waals surface area contributed by atoms with Crippen molar-refractivity contribution in [1.29, 1.82) is 10.5 Å². The van der Waals surface area contributed by atoms with E-state index < -0.39 is 4.92 Å². The summed E-state index contributed by atoms with van der Waals surface area (Å²) < 4.78 is 5.53. The average Bonchev–Trinajstić information content (AvgIpc) is 2.75. The van der Waals surface area contributed by atoms with E-state index in [-0.39, 0.29) is 34.6 Å². The Labute approximate surface area is 174 Å². The van der Waals surface area contributed by atoms with E-state index in [4.69, 9.17) is 10.5 Å². The number of benzene rings is 2. The Bertz CT molecular complexity index is 987. The molecule has 0 bridgehead atoms. The molecule has 2 atom stereocenters. The lowest BCUT2D eigenvalue weighted by atomic mass is 10.00. The van der Waals surface area contributed by atoms with Crippen LogP contribution in [0.1, 0.15) is 49.4 Å². The van der Waals surface area contributed by atoms with Crippen LogP contribution in [-0.2, 0) is 4.74 Å². The fraction of sp³-hybridized carbons (Fsp3) is 0.333. The second-order valence-corrected chi connectivity index (χ2v) is 6.58. The predicted octanol–water partition coefficient (Wildman–Crippen LogP) is 4.96. The van der Waals surface area contributed by atoms with E-state index in [1.54, 1.807) is 12.1 Å². The summed E-state index contributed by atoms with van der Waals surface area (Å²) >= 11 is 0. The van der Waals surface area contributed by atoms with Crippen LogP contribution in [0.3, 0.4) is 0 Å². The zero-order valence-corrected chi connectivity index (χ0v) is 16.8. The predicted molar refractivity (Wildman–Crippen MR) is 110 cm³/mol. The highest BCUT2D eigenvalue weighted by molar-refractivity contribution is 5.67. The first-order valence-corrected chi connectivity index (χ1v) is 9.41. The van der Waals surface area contributed by atoms with Crippen LogP contribution in [0, 0.1) is 32.8 Å². The molecule has 2 N–H and O–H groups in total. The molecule has 0 spiro atoms. The number of nitriles is 2. The van der Waals surface area contributed by atoms with Crippen molar-refractivity contribution in [1.82, 2.24) is 0 Å². The van der Waals surface area contributed by atoms with E-state index in [0.29, 0.717) is 18.7 Å². The molecule has 0 amide bonds. The maximum atomic E-state index is 11.0. The van der Waals surface area contributed by atoms with Gasteiger partial charge in [0.15, 0.2) is 0 Å². The van der Waals surface area contributed by atoms with Crippen LogP contribution in [0.15, 0.2) is 46.6 Å². The minimum absolute atomic E-state index is 0.0149. The van der Waals surface area contributed by atoms with Crippen molar-refractivity contribution in [3.8, 4) is 12.1 Å². The van der Waals surface area contributed by atoms with Crippen LogP contribution in [0.5, 0.6) is 0 Å². The average molecular weight is 406 g/mol. The summed E-state index contributed by atoms with van der Waals surface area (Å²) in [5.74, 6) is 0. The second kappa shape index (κ2) is 10.8. The number of rotatable bonds is 9. The van der Waals surface area contributed by atoms with Crippen molar-refractivity contribution < 1.29 is 9.66 Å². The van der Waals surface area contributed by atoms with Gasteiger partial charge in [-0.2, -0.15) is 15.6 Å². The number of nitrogens with two attached hydrogens (primary N) is 1. The van der Waals surface area contributed by atoms with Crippen LogP contribution in [0.25, 0.3) is 0 Å². The molecule has 0 aliphatic rings. The van der Waals surface area contributed by atoms with E-state index in [9.17, 15) is 20.6 Å². The Balaban J connectivity index is 2.35. The third-order valence-corrected chi connectivity index (χ3v) is 4.48. The first kappa shape index (κ1) is 22.6. The lowest BCUT2D eigenvalue weighted by molar-refractivity contribution is -0.384. The number of ether oxygens (including phenoxy) is 1. The minimum atomic E-state index is -0.666. The van der Waals surface area contributed by atoms with Crippen molar-refractivity contribution in [2.24, 2.45) is 16.0 Å². The Morgan fingerprint density at radius 3 is 2.37 bits per heavy atom. The number of azo groups is 1. The van der Waals surface area contributed by atoms with Gasteiger partial charge in [0.05, 0.1) is 27.8 Å². The summed E-state index contributed by atoms with van der Waals surface area (Å²) in [6, 6.07) is 12.7. The standard InChI is InChI=1S/C21H22N6O3/c1-3-30-14(2)8-9-19(24)18-6-4-5-7-20(18)25-26-21-15(12-22)10-17(27(28)29)11-16(21)13-23/h4-7,10-11,14,19H,3,8-9,24H2,1-2H3. The quantitative estimate of drug-likeness (QED) is 0.353. The van der Waals surface area contributed by atoms with Gasteiger partial charge in [-0.3, -0.25) is 10.1 Å². The highest BCUT2D eigenvalue weighted by Crippen LogP contribution is 2.33. The third kappa shape index (κ3) is 5.67. The normalized spacial score (nSPS) is 12.8. The molecule has 2 aromatic rings. The molecule has 2 unspecified atom stereocenters. The van der Waals surface area contributed by atoms with Gasteiger partial charge in [-0.1, -0.05) is 18.2 Å². The lowest BCUT2D eigenvalue weighted by Gasteiger charge is -2.17. The van der Waals surface area contributed by atoms with E-state index in [0.717, 1.165) is 24.1 Å². The molecular formula is C21H22N6O3. The van der Waals surface area contributed by atoms with Crippen molar-refractivity contribution in [2.45, 2.75) is 38.8 Å². The highest BCUT2D eigenvalue weighted by atomic mass is 16.6. The first-order valence-electron chi connectivity index (χ1n) is 9.41. The Morgan fingerprint density at radius 1 is 1.17 bits per heavy atom. The van der Waals surface area contributed by atoms with Crippen LogP contribution >= 0.6 is 0 Å². The summed E-state index contributed by atoms with van der Waals surface area (Å²) in [5, 5.41) is 37.9. The molecule has 0 aliphatic heterocycles. The third-order valence-electron chi connectivity index (χ3n) is 4.48. The van der Waals surface area contributed by atoms with Crippen molar-refractivity contribution in [3.63, 3.8) is 0 Å². The van der Waals surface area contributed by atoms with Gasteiger partial charge >= 0.3 is 0 Å². The number of hydrogen-bond donors (Lipinski definition) is 1. The minimum Gasteiger partial charge on any atom is -0.379 e. The lowest BCUT2D eigenvalue weighted by Crippen LogP contribution is -2.15. The number of nitrogens with zero attached hydrogens (tertiary/aromatic N) is 5. The molecule has 30 heavy (non-hydrogen) atoms. The molecule has 2 aromatic carbocycles. The fourth-order valence-electron chi connectivity index (χ4n) is 2.94. The molecule has 154 valence electrons. The molecule has 9 heteroatoms. The molecule has 0 fully saturated rings. The van der Waals surface area contributed by atoms with Gasteiger partial charge in [0.25, 0.3) is 5.69 Å². The molecule has 0 aromatic heterocycles. The van der Waals surface area contributed by atoms with E-state index >= 15 is 0 Å². The molecular weight excluding hydrogens is 384 g/mol. The zero-order valence-electron chi connectivity index (χ0n) is 16.8. The maximum absolute atomic E-state index is 11.0. The summed E-state index contributed by atoms with van der Waals surface area (Å²) in [6.45, 7) is 4.57. The maximum Gasteiger partial charge on any atom is 0.272 e. The molecule has 0 saturated heterocycles. The first-order chi connectivity index (χ1) is 14.4. The van der Waals surface area contributed by atoms with Crippen LogP contribution in [0.2, 0.25) is 0 Å². The zero-order chi connectivity index (χ0) is 22.1. The van der Waals surface area contributed by atoms with Crippen molar-refractivity contribution in [3.05, 3.63) is 63.2 Å². The van der Waals surface area contributed by atoms with Crippen molar-refractivity contribution in [2.75, 3.05) is 6.61 Å². The van der Waals surface area contributed by atoms with Crippen LogP contribution < -0.4 is 5.73 Å². The van der Waals surface area contributed by atoms with Gasteiger partial charge in [0.2, 0.25) is 0 Å². The number of non-ortho nitro benzene ring substituents is 1. The Kier molecular flexibility index (Phi) is 8.12. The number of nitro groups is 1. The molecule has 0 heterocycles. The van der Waals surface area contributed by atoms with E-state index in [1.807, 2.05) is 38.1 Å². The molecule has 9 nitrogen and oxygen atoms in total. The number of nitro benzene ring substituents is 1. The van der Waals surface area contributed by atoms with E-state index in [2.05, 4.69) is 10.2 Å². The van der Waals surface area contributed by atoms with Crippen molar-refractivity contribution >= 4 is 17.1 Å². The van der Waals surface area contributed by atoms with Gasteiger partial charge in [-0.15, -0.1) is 5.11 Å². The van der Waals surface area contributed by atoms with Gasteiger partial charge in [-0.25, -0.2) is 0 Å². The number of hydrogen-bond acceptors (Lipinski definition) is 8. The second-order valence-electron chi connectivity index (χ2n) is 6.58. The summed E-state index contributed by atoms with van der Waals surface area (Å²) in [4.78, 5) is 10.3. The Hall–Kier alpha value is -3.66. The van der Waals surface area contributed by atoms with Crippen LogP contribution in [-0.4, -0.2) is 17.6 Å². The van der Waals surface area contributed by atoms with Gasteiger partial charge in [-0.05, 0) is 38.3 Å². The van der Waals surface area contributed by atoms with Gasteiger partial charge in [0, 0.05) is 24.8 Å². The van der Waals surface area contributed by atoms with Gasteiger partial charge < -0.3 is 10.5 Å². The molecule has 0 aliphatic carbocycles. The summed E-state index contributed by atoms with van der Waals surface area (Å²) in [7, 11) is 0. The molecule has 2 rings (SSSR count). The summed E-state index contributed by atoms with van der Waals surface area (Å²) in [5.41, 5.74) is 7.04. The summed E-state index contributed by atoms with van der Waals surface area (Å²) in [6.07, 6.45) is 1.55. The fourth-order valence-corrected chi connectivity index (χ4v) is 2.94. The monoisotopic (exact) mass is 406 g/mol. The Morgan fingerprint density at radius 2 is 1.80 bits per heavy atom. The topological polar surface area (TPSA) is 151 Å². The smallest absolute Gasteiger partial charge is 0.272 e. The van der Waals surface area contributed by atoms with Crippen LogP contribution in [0.4, 0.5) is 17.1 Å². The molecule has 0 radical (unpaired) electrons. The largest absolute Gasteiger partial charge is 0.379 e. The molecule has 0 saturated carbocycles. The van der Waals surface area contributed by atoms with Gasteiger partial charge in [0.1, 0.15) is 17.8 Å². The van der Waals surface area contributed by atoms with E-state index in [1.165, 1.54) is 0 Å².